The van der Waals surface area contributed by atoms with Gasteiger partial charge in [-0.05, 0) is 38.0 Å². The van der Waals surface area contributed by atoms with Crippen LogP contribution in [-0.4, -0.2) is 21.5 Å². The van der Waals surface area contributed by atoms with Gasteiger partial charge in [-0.25, -0.2) is 4.79 Å². The molecular formula is C17H25N3O3. The Morgan fingerprint density at radius 3 is 2.57 bits per heavy atom. The van der Waals surface area contributed by atoms with Gasteiger partial charge in [-0.15, -0.1) is 0 Å². The molecule has 0 aliphatic carbocycles. The number of amides is 2. The van der Waals surface area contributed by atoms with Gasteiger partial charge < -0.3 is 0 Å². The fourth-order valence-electron chi connectivity index (χ4n) is 2.51. The molecule has 2 amide bonds. The van der Waals surface area contributed by atoms with Crippen LogP contribution in [0.1, 0.15) is 45.2 Å². The Kier molecular flexibility index (Phi) is 6.75. The summed E-state index contributed by atoms with van der Waals surface area (Å²) in [5, 5.41) is 2.10. The van der Waals surface area contributed by atoms with E-state index in [1.807, 2.05) is 45.9 Å². The first-order chi connectivity index (χ1) is 11.0. The Morgan fingerprint density at radius 2 is 1.96 bits per heavy atom. The van der Waals surface area contributed by atoms with Crippen LogP contribution in [0.5, 0.6) is 0 Å². The lowest BCUT2D eigenvalue weighted by Gasteiger charge is -2.13. The molecule has 6 nitrogen and oxygen atoms in total. The van der Waals surface area contributed by atoms with Crippen LogP contribution in [0.3, 0.4) is 0 Å². The first-order valence-corrected chi connectivity index (χ1v) is 7.86. The fraction of sp³-hybridized carbons (Fsp3) is 0.471. The van der Waals surface area contributed by atoms with E-state index < -0.39 is 0 Å². The number of benzene rings is 1. The van der Waals surface area contributed by atoms with Crippen molar-refractivity contribution in [2.24, 2.45) is 7.05 Å². The number of carbonyl (C=O) groups excluding carboxylic acids is 2. The molecule has 1 atom stereocenters. The van der Waals surface area contributed by atoms with Crippen molar-refractivity contribution in [3.8, 4) is 0 Å². The van der Waals surface area contributed by atoms with E-state index in [1.165, 1.54) is 0 Å². The van der Waals surface area contributed by atoms with Crippen molar-refractivity contribution < 1.29 is 9.59 Å². The topological polar surface area (TPSA) is 73.1 Å². The summed E-state index contributed by atoms with van der Waals surface area (Å²) in [5.41, 5.74) is 2.73. The Bertz CT molecular complexity index is 743. The summed E-state index contributed by atoms with van der Waals surface area (Å²) in [6.45, 7) is 7.88. The minimum absolute atomic E-state index is 0.0982. The molecule has 0 aliphatic heterocycles. The standard InChI is InChI=1S/C15H19N3O3.C2H6/c1-10-4-6-12-13(8-10)17(3)15(21)18(12)11(2)5-7-14(20)16-9-19;1-2/h4,6,8-9,11H,5,7H2,1-3H3,(H,16,19,20);1-2H3. The minimum atomic E-state index is -0.332. The summed E-state index contributed by atoms with van der Waals surface area (Å²) in [7, 11) is 1.74. The van der Waals surface area contributed by atoms with E-state index in [0.29, 0.717) is 12.8 Å². The van der Waals surface area contributed by atoms with Gasteiger partial charge in [0.05, 0.1) is 11.0 Å². The highest BCUT2D eigenvalue weighted by atomic mass is 16.2. The Labute approximate surface area is 136 Å². The number of imide groups is 1. The zero-order valence-corrected chi connectivity index (χ0v) is 14.4. The molecule has 2 aromatic rings. The first kappa shape index (κ1) is 18.7. The lowest BCUT2D eigenvalue weighted by atomic mass is 10.1. The fourth-order valence-corrected chi connectivity index (χ4v) is 2.51. The van der Waals surface area contributed by atoms with E-state index >= 15 is 0 Å². The summed E-state index contributed by atoms with van der Waals surface area (Å²) >= 11 is 0. The molecule has 1 aromatic heterocycles. The second-order valence-electron chi connectivity index (χ2n) is 5.28. The zero-order chi connectivity index (χ0) is 17.6. The summed E-state index contributed by atoms with van der Waals surface area (Å²) < 4.78 is 3.31. The lowest BCUT2D eigenvalue weighted by Crippen LogP contribution is -2.26. The van der Waals surface area contributed by atoms with Crippen molar-refractivity contribution in [2.45, 2.75) is 46.6 Å². The highest BCUT2D eigenvalue weighted by Gasteiger charge is 2.16. The van der Waals surface area contributed by atoms with Gasteiger partial charge in [0.2, 0.25) is 12.3 Å². The van der Waals surface area contributed by atoms with E-state index in [4.69, 9.17) is 0 Å². The number of fused-ring (bicyclic) bond motifs is 1. The van der Waals surface area contributed by atoms with E-state index in [2.05, 4.69) is 5.32 Å². The molecule has 1 aromatic carbocycles. The average molecular weight is 319 g/mol. The van der Waals surface area contributed by atoms with E-state index in [0.717, 1.165) is 16.6 Å². The maximum Gasteiger partial charge on any atom is 0.329 e. The Balaban J connectivity index is 0.00000127. The average Bonchev–Trinajstić information content (AvgIpc) is 2.79. The van der Waals surface area contributed by atoms with Gasteiger partial charge in [0, 0.05) is 19.5 Å². The molecule has 6 heteroatoms. The third-order valence-corrected chi connectivity index (χ3v) is 3.69. The van der Waals surface area contributed by atoms with Gasteiger partial charge >= 0.3 is 5.69 Å². The molecule has 0 spiro atoms. The van der Waals surface area contributed by atoms with Gasteiger partial charge in [-0.2, -0.15) is 0 Å². The van der Waals surface area contributed by atoms with Crippen LogP contribution in [0.2, 0.25) is 0 Å². The van der Waals surface area contributed by atoms with Crippen molar-refractivity contribution in [1.82, 2.24) is 14.5 Å². The maximum atomic E-state index is 12.4. The van der Waals surface area contributed by atoms with Crippen molar-refractivity contribution in [3.05, 3.63) is 34.2 Å². The summed E-state index contributed by atoms with van der Waals surface area (Å²) in [6.07, 6.45) is 1.07. The highest BCUT2D eigenvalue weighted by Crippen LogP contribution is 2.20. The maximum absolute atomic E-state index is 12.4. The largest absolute Gasteiger partial charge is 0.329 e. The molecule has 23 heavy (non-hydrogen) atoms. The number of rotatable bonds is 5. The predicted molar refractivity (Wildman–Crippen MR) is 91.4 cm³/mol. The van der Waals surface area contributed by atoms with Crippen LogP contribution in [0, 0.1) is 6.92 Å². The van der Waals surface area contributed by atoms with Gasteiger partial charge in [-0.3, -0.25) is 24.0 Å². The second-order valence-corrected chi connectivity index (χ2v) is 5.28. The van der Waals surface area contributed by atoms with E-state index in [1.54, 1.807) is 16.2 Å². The number of nitrogens with one attached hydrogen (secondary N) is 1. The zero-order valence-electron chi connectivity index (χ0n) is 14.4. The molecule has 0 radical (unpaired) electrons. The number of aryl methyl sites for hydroxylation is 2. The number of hydrogen-bond acceptors (Lipinski definition) is 3. The second kappa shape index (κ2) is 8.31. The molecule has 0 aliphatic rings. The Hall–Kier alpha value is -2.37. The third kappa shape index (κ3) is 4.09. The number of hydrogen-bond donors (Lipinski definition) is 1. The predicted octanol–water partition coefficient (Wildman–Crippen LogP) is 2.29. The van der Waals surface area contributed by atoms with E-state index in [9.17, 15) is 14.4 Å². The van der Waals surface area contributed by atoms with Gasteiger partial charge in [0.1, 0.15) is 0 Å². The van der Waals surface area contributed by atoms with Gasteiger partial charge in [0.25, 0.3) is 0 Å². The molecule has 0 bridgehead atoms. The monoisotopic (exact) mass is 319 g/mol. The normalized spacial score (nSPS) is 11.5. The van der Waals surface area contributed by atoms with Crippen molar-refractivity contribution in [3.63, 3.8) is 0 Å². The number of aromatic nitrogens is 2. The summed E-state index contributed by atoms with van der Waals surface area (Å²) in [6, 6.07) is 5.73. The summed E-state index contributed by atoms with van der Waals surface area (Å²) in [4.78, 5) is 33.9. The molecule has 2 rings (SSSR count). The smallest absolute Gasteiger partial charge is 0.299 e. The molecule has 1 N–H and O–H groups in total. The number of nitrogens with zero attached hydrogens (tertiary/aromatic N) is 2. The third-order valence-electron chi connectivity index (χ3n) is 3.69. The van der Waals surface area contributed by atoms with Crippen molar-refractivity contribution in [2.75, 3.05) is 0 Å². The minimum Gasteiger partial charge on any atom is -0.299 e. The number of carbonyl (C=O) groups is 2. The van der Waals surface area contributed by atoms with E-state index in [-0.39, 0.29) is 24.1 Å². The highest BCUT2D eigenvalue weighted by molar-refractivity contribution is 5.85. The molecule has 0 saturated heterocycles. The van der Waals surface area contributed by atoms with Crippen LogP contribution in [0.15, 0.2) is 23.0 Å². The van der Waals surface area contributed by atoms with Crippen LogP contribution in [0.4, 0.5) is 0 Å². The van der Waals surface area contributed by atoms with Crippen LogP contribution < -0.4 is 11.0 Å². The molecule has 0 saturated carbocycles. The van der Waals surface area contributed by atoms with Crippen LogP contribution in [0.25, 0.3) is 11.0 Å². The van der Waals surface area contributed by atoms with Crippen LogP contribution >= 0.6 is 0 Å². The van der Waals surface area contributed by atoms with Crippen molar-refractivity contribution >= 4 is 23.4 Å². The molecule has 1 heterocycles. The van der Waals surface area contributed by atoms with Crippen LogP contribution in [-0.2, 0) is 16.6 Å². The molecular weight excluding hydrogens is 294 g/mol. The SMILES string of the molecule is CC.Cc1ccc2c(c1)n(C)c(=O)n2C(C)CCC(=O)NC=O. The first-order valence-electron chi connectivity index (χ1n) is 7.86. The quantitative estimate of drug-likeness (QED) is 0.859. The lowest BCUT2D eigenvalue weighted by molar-refractivity contribution is -0.125. The summed E-state index contributed by atoms with van der Waals surface area (Å²) in [5.74, 6) is -0.332. The molecule has 1 unspecified atom stereocenters. The van der Waals surface area contributed by atoms with Crippen molar-refractivity contribution in [1.29, 1.82) is 0 Å². The van der Waals surface area contributed by atoms with Gasteiger partial charge in [0.15, 0.2) is 0 Å². The molecule has 0 fully saturated rings. The number of imidazole rings is 1. The Morgan fingerprint density at radius 1 is 1.30 bits per heavy atom. The molecule has 126 valence electrons. The van der Waals surface area contributed by atoms with Gasteiger partial charge in [-0.1, -0.05) is 19.9 Å².